The minimum Gasteiger partial charge on any atom is -0.394 e. The van der Waals surface area contributed by atoms with Gasteiger partial charge in [0.25, 0.3) is 0 Å². The Hall–Kier alpha value is -2.50. The topological polar surface area (TPSA) is 166 Å². The summed E-state index contributed by atoms with van der Waals surface area (Å²) in [7, 11) is 0. The Morgan fingerprint density at radius 1 is 1.40 bits per heavy atom. The molecule has 132 valence electrons. The first kappa shape index (κ1) is 16.0. The quantitative estimate of drug-likeness (QED) is 0.465. The summed E-state index contributed by atoms with van der Waals surface area (Å²) in [5.41, 5.74) is 15.3. The number of nitrogen functional groups attached to an aromatic ring is 1. The molecule has 4 heterocycles. The van der Waals surface area contributed by atoms with Gasteiger partial charge in [0.15, 0.2) is 29.0 Å². The van der Waals surface area contributed by atoms with E-state index in [2.05, 4.69) is 25.0 Å². The Balaban J connectivity index is 1.88. The van der Waals surface area contributed by atoms with Gasteiger partial charge >= 0.3 is 0 Å². The van der Waals surface area contributed by atoms with Gasteiger partial charge in [0, 0.05) is 4.91 Å². The highest BCUT2D eigenvalue weighted by Crippen LogP contribution is 2.45. The molecule has 0 radical (unpaired) electrons. The third kappa shape index (κ3) is 2.39. The molecule has 0 spiro atoms. The molecule has 4 atom stereocenters. The lowest BCUT2D eigenvalue weighted by Gasteiger charge is -2.24. The SMILES string of the molecule is CC1(C)O[C@@H]2[C@H](O1)[C@@H](CO)O[C@H]2n1c(N=[N+]=[N-])nc2c(N)ncnc21. The summed E-state index contributed by atoms with van der Waals surface area (Å²) in [5, 5.41) is 13.2. The first-order chi connectivity index (χ1) is 11.9. The van der Waals surface area contributed by atoms with Crippen LogP contribution in [0.15, 0.2) is 11.4 Å². The van der Waals surface area contributed by atoms with E-state index in [0.717, 1.165) is 0 Å². The summed E-state index contributed by atoms with van der Waals surface area (Å²) < 4.78 is 19.2. The number of imidazole rings is 1. The van der Waals surface area contributed by atoms with Crippen molar-refractivity contribution in [3.8, 4) is 0 Å². The molecule has 0 bridgehead atoms. The third-order valence-electron chi connectivity index (χ3n) is 4.18. The second-order valence-electron chi connectivity index (χ2n) is 6.21. The van der Waals surface area contributed by atoms with Gasteiger partial charge in [-0.1, -0.05) is 0 Å². The van der Waals surface area contributed by atoms with E-state index < -0.39 is 30.3 Å². The first-order valence-corrected chi connectivity index (χ1v) is 7.60. The van der Waals surface area contributed by atoms with E-state index in [4.69, 9.17) is 25.5 Å². The lowest BCUT2D eigenvalue weighted by atomic mass is 10.1. The van der Waals surface area contributed by atoms with Gasteiger partial charge in [0.2, 0.25) is 5.95 Å². The molecule has 2 aromatic heterocycles. The van der Waals surface area contributed by atoms with E-state index in [0.29, 0.717) is 5.65 Å². The minimum atomic E-state index is -0.839. The molecule has 0 aromatic carbocycles. The molecule has 3 N–H and O–H groups in total. The van der Waals surface area contributed by atoms with Gasteiger partial charge in [-0.15, -0.1) is 0 Å². The Morgan fingerprint density at radius 3 is 2.88 bits per heavy atom. The fourth-order valence-electron chi connectivity index (χ4n) is 3.27. The molecular weight excluding hydrogens is 332 g/mol. The summed E-state index contributed by atoms with van der Waals surface area (Å²) in [6, 6.07) is 0. The summed E-state index contributed by atoms with van der Waals surface area (Å²) in [4.78, 5) is 15.1. The van der Waals surface area contributed by atoms with Gasteiger partial charge in [-0.2, -0.15) is 0 Å². The maximum atomic E-state index is 9.62. The van der Waals surface area contributed by atoms with Crippen molar-refractivity contribution < 1.29 is 19.3 Å². The number of nitrogens with two attached hydrogens (primary N) is 1. The number of anilines is 1. The molecule has 0 aliphatic carbocycles. The predicted molar refractivity (Wildman–Crippen MR) is 83.4 cm³/mol. The average Bonchev–Trinajstić information content (AvgIpc) is 3.17. The lowest BCUT2D eigenvalue weighted by molar-refractivity contribution is -0.199. The number of aromatic nitrogens is 4. The molecule has 25 heavy (non-hydrogen) atoms. The zero-order valence-corrected chi connectivity index (χ0v) is 13.5. The van der Waals surface area contributed by atoms with Gasteiger partial charge in [0.1, 0.15) is 24.6 Å². The number of hydrogen-bond donors (Lipinski definition) is 2. The van der Waals surface area contributed by atoms with Crippen LogP contribution >= 0.6 is 0 Å². The number of aliphatic hydroxyl groups excluding tert-OH is 1. The highest BCUT2D eigenvalue weighted by molar-refractivity contribution is 5.83. The molecular formula is C13H16N8O4. The fraction of sp³-hybridized carbons (Fsp3) is 0.615. The largest absolute Gasteiger partial charge is 0.394 e. The summed E-state index contributed by atoms with van der Waals surface area (Å²) in [5.74, 6) is -0.677. The van der Waals surface area contributed by atoms with Crippen LogP contribution in [0.3, 0.4) is 0 Å². The van der Waals surface area contributed by atoms with E-state index in [9.17, 15) is 5.11 Å². The summed E-state index contributed by atoms with van der Waals surface area (Å²) in [6.07, 6.45) is -1.12. The zero-order chi connectivity index (χ0) is 17.8. The third-order valence-corrected chi connectivity index (χ3v) is 4.18. The van der Waals surface area contributed by atoms with Crippen molar-refractivity contribution in [2.24, 2.45) is 5.11 Å². The predicted octanol–water partition coefficient (Wildman–Crippen LogP) is 0.760. The smallest absolute Gasteiger partial charge is 0.201 e. The highest BCUT2D eigenvalue weighted by atomic mass is 16.8. The second kappa shape index (κ2) is 5.51. The number of aliphatic hydroxyl groups is 1. The molecule has 2 fully saturated rings. The molecule has 12 nitrogen and oxygen atoms in total. The lowest BCUT2D eigenvalue weighted by Crippen LogP contribution is -2.31. The van der Waals surface area contributed by atoms with Crippen LogP contribution in [0, 0.1) is 0 Å². The van der Waals surface area contributed by atoms with Crippen molar-refractivity contribution in [3.63, 3.8) is 0 Å². The fourth-order valence-corrected chi connectivity index (χ4v) is 3.27. The molecule has 2 aliphatic rings. The molecule has 2 aromatic rings. The maximum Gasteiger partial charge on any atom is 0.201 e. The Kier molecular flexibility index (Phi) is 3.52. The number of ether oxygens (including phenoxy) is 3. The van der Waals surface area contributed by atoms with Gasteiger partial charge in [-0.3, -0.25) is 4.57 Å². The van der Waals surface area contributed by atoms with Crippen molar-refractivity contribution in [1.82, 2.24) is 19.5 Å². The number of fused-ring (bicyclic) bond motifs is 2. The van der Waals surface area contributed by atoms with Crippen LogP contribution in [-0.2, 0) is 14.2 Å². The number of azide groups is 1. The standard InChI is InChI=1S/C13H16N8O4/c1-13(2)24-7-5(3-22)23-11(8(7)25-13)21-10-6(9(14)16-4-17-10)18-12(21)19-20-15/h4-5,7-8,11,22H,3H2,1-2H3,(H2,14,16,17)/t5-,7-,8-,11-/m1/s1. The Morgan fingerprint density at radius 2 is 2.16 bits per heavy atom. The van der Waals surface area contributed by atoms with Crippen molar-refractivity contribution in [2.45, 2.75) is 44.2 Å². The van der Waals surface area contributed by atoms with Gasteiger partial charge < -0.3 is 25.1 Å². The van der Waals surface area contributed by atoms with Crippen molar-refractivity contribution in [3.05, 3.63) is 16.8 Å². The molecule has 12 heteroatoms. The average molecular weight is 348 g/mol. The van der Waals surface area contributed by atoms with Gasteiger partial charge in [-0.25, -0.2) is 15.0 Å². The summed E-state index contributed by atoms with van der Waals surface area (Å²) >= 11 is 0. The van der Waals surface area contributed by atoms with Crippen molar-refractivity contribution in [2.75, 3.05) is 12.3 Å². The molecule has 4 rings (SSSR count). The van der Waals surface area contributed by atoms with Gasteiger partial charge in [0.05, 0.1) is 6.61 Å². The Bertz CT molecular complexity index is 876. The van der Waals surface area contributed by atoms with E-state index in [1.807, 2.05) is 0 Å². The van der Waals surface area contributed by atoms with Crippen LogP contribution < -0.4 is 5.73 Å². The monoisotopic (exact) mass is 348 g/mol. The van der Waals surface area contributed by atoms with Crippen LogP contribution in [0.4, 0.5) is 11.8 Å². The second-order valence-corrected chi connectivity index (χ2v) is 6.21. The van der Waals surface area contributed by atoms with E-state index >= 15 is 0 Å². The number of hydrogen-bond acceptors (Lipinski definition) is 9. The Labute approximate surface area is 141 Å². The normalized spacial score (nSPS) is 30.4. The van der Waals surface area contributed by atoms with Crippen LogP contribution in [0.25, 0.3) is 21.6 Å². The van der Waals surface area contributed by atoms with Gasteiger partial charge in [-0.05, 0) is 24.5 Å². The van der Waals surface area contributed by atoms with Crippen LogP contribution in [0.5, 0.6) is 0 Å². The minimum absolute atomic E-state index is 0.0142. The highest BCUT2D eigenvalue weighted by Gasteiger charge is 2.56. The van der Waals surface area contributed by atoms with Crippen LogP contribution in [0.2, 0.25) is 0 Å². The number of rotatable bonds is 3. The molecule has 0 saturated carbocycles. The first-order valence-electron chi connectivity index (χ1n) is 7.60. The van der Waals surface area contributed by atoms with Crippen LogP contribution in [0.1, 0.15) is 20.1 Å². The van der Waals surface area contributed by atoms with Crippen LogP contribution in [-0.4, -0.2) is 55.3 Å². The van der Waals surface area contributed by atoms with E-state index in [1.165, 1.54) is 10.9 Å². The molecule has 0 amide bonds. The van der Waals surface area contributed by atoms with E-state index in [-0.39, 0.29) is 23.9 Å². The molecule has 0 unspecified atom stereocenters. The zero-order valence-electron chi connectivity index (χ0n) is 13.5. The maximum absolute atomic E-state index is 9.62. The number of nitrogens with zero attached hydrogens (tertiary/aromatic N) is 7. The van der Waals surface area contributed by atoms with Crippen molar-refractivity contribution >= 4 is 22.9 Å². The molecule has 2 aliphatic heterocycles. The van der Waals surface area contributed by atoms with Crippen molar-refractivity contribution in [1.29, 1.82) is 0 Å². The van der Waals surface area contributed by atoms with E-state index in [1.54, 1.807) is 13.8 Å². The molecule has 2 saturated heterocycles. The summed E-state index contributed by atoms with van der Waals surface area (Å²) in [6.45, 7) is 3.30.